The molecule has 2 aromatic carbocycles. The van der Waals surface area contributed by atoms with Gasteiger partial charge in [-0.2, -0.15) is 0 Å². The monoisotopic (exact) mass is 386 g/mol. The number of rotatable bonds is 5. The summed E-state index contributed by atoms with van der Waals surface area (Å²) in [5, 5.41) is 2.65. The molecule has 0 aliphatic carbocycles. The van der Waals surface area contributed by atoms with Crippen LogP contribution in [0.4, 0.5) is 0 Å². The first-order valence-electron chi connectivity index (χ1n) is 7.86. The van der Waals surface area contributed by atoms with E-state index in [4.69, 9.17) is 4.43 Å². The van der Waals surface area contributed by atoms with Crippen LogP contribution in [0.5, 0.6) is 0 Å². The average molecular weight is 387 g/mol. The van der Waals surface area contributed by atoms with Crippen LogP contribution in [0.3, 0.4) is 0 Å². The maximum atomic E-state index is 6.68. The van der Waals surface area contributed by atoms with E-state index in [1.807, 2.05) is 0 Å². The van der Waals surface area contributed by atoms with Crippen molar-refractivity contribution in [3.05, 3.63) is 60.7 Å². The Morgan fingerprint density at radius 2 is 1.39 bits per heavy atom. The first-order chi connectivity index (χ1) is 11.0. The summed E-state index contributed by atoms with van der Waals surface area (Å²) in [6.45, 7) is 7.51. The highest BCUT2D eigenvalue weighted by molar-refractivity contribution is 9.12. The van der Waals surface area contributed by atoms with E-state index in [2.05, 4.69) is 108 Å². The second-order valence-corrected chi connectivity index (χ2v) is 11.2. The maximum Gasteiger partial charge on any atom is 0.261 e. The van der Waals surface area contributed by atoms with Crippen LogP contribution in [-0.4, -0.2) is 14.9 Å². The fourth-order valence-electron chi connectivity index (χ4n) is 3.06. The molecule has 0 aliphatic heterocycles. The van der Waals surface area contributed by atoms with Crippen molar-refractivity contribution in [1.82, 2.24) is 0 Å². The summed E-state index contributed by atoms with van der Waals surface area (Å²) in [7, 11) is -2.38. The Labute approximate surface area is 149 Å². The summed E-state index contributed by atoms with van der Waals surface area (Å²) in [4.78, 5) is 2.77. The van der Waals surface area contributed by atoms with E-state index in [1.165, 1.54) is 10.4 Å². The van der Waals surface area contributed by atoms with E-state index in [0.717, 1.165) is 6.42 Å². The first kappa shape index (κ1) is 18.0. The van der Waals surface area contributed by atoms with Gasteiger partial charge in [-0.25, -0.2) is 0 Å². The highest BCUT2D eigenvalue weighted by Gasteiger charge is 2.49. The van der Waals surface area contributed by atoms with Gasteiger partial charge in [0.05, 0.1) is 0 Å². The summed E-state index contributed by atoms with van der Waals surface area (Å²) >= 11 is 3.15. The Bertz CT molecular complexity index is 626. The van der Waals surface area contributed by atoms with E-state index in [9.17, 15) is 0 Å². The second-order valence-electron chi connectivity index (χ2n) is 6.53. The molecule has 0 aliphatic rings. The molecule has 0 unspecified atom stereocenters. The molecule has 0 saturated carbocycles. The molecular formula is C20H23BrOSi. The second kappa shape index (κ2) is 7.96. The van der Waals surface area contributed by atoms with Crippen LogP contribution in [0.1, 0.15) is 27.2 Å². The van der Waals surface area contributed by atoms with Gasteiger partial charge in [-0.15, -0.1) is 0 Å². The van der Waals surface area contributed by atoms with Gasteiger partial charge in [0.25, 0.3) is 8.32 Å². The van der Waals surface area contributed by atoms with Crippen LogP contribution < -0.4 is 10.4 Å². The Kier molecular flexibility index (Phi) is 6.23. The number of hydrogen-bond acceptors (Lipinski definition) is 1. The van der Waals surface area contributed by atoms with Gasteiger partial charge in [-0.1, -0.05) is 87.4 Å². The van der Waals surface area contributed by atoms with Crippen molar-refractivity contribution in [2.24, 2.45) is 0 Å². The Morgan fingerprint density at radius 3 is 1.78 bits per heavy atom. The van der Waals surface area contributed by atoms with Crippen molar-refractivity contribution in [3.8, 4) is 10.8 Å². The molecule has 0 amide bonds. The molecule has 1 nitrogen and oxygen atoms in total. The Balaban J connectivity index is 2.56. The van der Waals surface area contributed by atoms with Crippen LogP contribution in [-0.2, 0) is 4.43 Å². The van der Waals surface area contributed by atoms with Gasteiger partial charge in [0, 0.05) is 29.0 Å². The van der Waals surface area contributed by atoms with Crippen molar-refractivity contribution in [1.29, 1.82) is 0 Å². The zero-order chi connectivity index (χ0) is 16.8. The highest BCUT2D eigenvalue weighted by atomic mass is 79.9. The van der Waals surface area contributed by atoms with Crippen molar-refractivity contribution < 1.29 is 4.43 Å². The van der Waals surface area contributed by atoms with Crippen LogP contribution in [0.15, 0.2) is 60.7 Å². The normalized spacial score (nSPS) is 11.7. The van der Waals surface area contributed by atoms with Crippen molar-refractivity contribution in [2.75, 3.05) is 6.61 Å². The lowest BCUT2D eigenvalue weighted by Crippen LogP contribution is -2.66. The topological polar surface area (TPSA) is 9.23 Å². The number of benzene rings is 2. The summed E-state index contributed by atoms with van der Waals surface area (Å²) in [5.74, 6) is 3.04. The van der Waals surface area contributed by atoms with Crippen molar-refractivity contribution in [3.63, 3.8) is 0 Å². The van der Waals surface area contributed by atoms with Gasteiger partial charge in [-0.3, -0.25) is 0 Å². The lowest BCUT2D eigenvalue weighted by atomic mass is 10.2. The molecule has 0 bridgehead atoms. The summed E-state index contributed by atoms with van der Waals surface area (Å²) < 4.78 is 6.68. The van der Waals surface area contributed by atoms with Gasteiger partial charge < -0.3 is 4.43 Å². The van der Waals surface area contributed by atoms with Crippen LogP contribution in [0.2, 0.25) is 5.04 Å². The van der Waals surface area contributed by atoms with E-state index >= 15 is 0 Å². The highest BCUT2D eigenvalue weighted by Crippen LogP contribution is 2.36. The van der Waals surface area contributed by atoms with E-state index in [0.29, 0.717) is 6.61 Å². The molecule has 0 saturated heterocycles. The first-order valence-corrected chi connectivity index (χ1v) is 10.6. The summed E-state index contributed by atoms with van der Waals surface area (Å²) in [6.07, 6.45) is 0.732. The Morgan fingerprint density at radius 1 is 0.913 bits per heavy atom. The zero-order valence-corrected chi connectivity index (χ0v) is 16.6. The predicted molar refractivity (Wildman–Crippen MR) is 105 cm³/mol. The smallest absolute Gasteiger partial charge is 0.261 e. The minimum absolute atomic E-state index is 0.0253. The third kappa shape index (κ3) is 3.95. The molecule has 3 heteroatoms. The number of hydrogen-bond donors (Lipinski definition) is 0. The molecule has 0 aromatic heterocycles. The fourth-order valence-corrected chi connectivity index (χ4v) is 7.83. The molecule has 2 rings (SSSR count). The summed E-state index contributed by atoms with van der Waals surface area (Å²) in [6, 6.07) is 21.4. The molecule has 0 fully saturated rings. The van der Waals surface area contributed by atoms with Crippen LogP contribution >= 0.6 is 15.9 Å². The van der Waals surface area contributed by atoms with Crippen molar-refractivity contribution in [2.45, 2.75) is 32.2 Å². The van der Waals surface area contributed by atoms with E-state index in [-0.39, 0.29) is 5.04 Å². The van der Waals surface area contributed by atoms with Gasteiger partial charge in [0.15, 0.2) is 0 Å². The van der Waals surface area contributed by atoms with E-state index in [1.54, 1.807) is 0 Å². The SMILES string of the molecule is CC(C)(C)[Si](OCCC#CBr)(c1ccccc1)c1ccccc1. The van der Waals surface area contributed by atoms with Crippen LogP contribution in [0, 0.1) is 10.8 Å². The molecule has 23 heavy (non-hydrogen) atoms. The van der Waals surface area contributed by atoms with Gasteiger partial charge >= 0.3 is 0 Å². The molecular weight excluding hydrogens is 364 g/mol. The largest absolute Gasteiger partial charge is 0.406 e. The lowest BCUT2D eigenvalue weighted by molar-refractivity contribution is 0.306. The predicted octanol–water partition coefficient (Wildman–Crippen LogP) is 4.31. The standard InChI is InChI=1S/C20H23BrOSi/c1-20(2,3)23(22-17-11-10-16-21,18-12-6-4-7-13-18)19-14-8-5-9-15-19/h4-9,12-15H,11,17H2,1-3H3. The maximum absolute atomic E-state index is 6.68. The molecule has 0 N–H and O–H groups in total. The lowest BCUT2D eigenvalue weighted by Gasteiger charge is -2.43. The minimum atomic E-state index is -2.38. The molecule has 2 aromatic rings. The zero-order valence-electron chi connectivity index (χ0n) is 14.0. The summed E-state index contributed by atoms with van der Waals surface area (Å²) in [5.41, 5.74) is 0. The van der Waals surface area contributed by atoms with Gasteiger partial charge in [0.1, 0.15) is 0 Å². The molecule has 0 atom stereocenters. The van der Waals surface area contributed by atoms with Gasteiger partial charge in [0.2, 0.25) is 0 Å². The van der Waals surface area contributed by atoms with Crippen LogP contribution in [0.25, 0.3) is 0 Å². The molecule has 120 valence electrons. The average Bonchev–Trinajstić information content (AvgIpc) is 2.55. The fraction of sp³-hybridized carbons (Fsp3) is 0.300. The third-order valence-electron chi connectivity index (χ3n) is 4.03. The molecule has 0 heterocycles. The minimum Gasteiger partial charge on any atom is -0.406 e. The Hall–Kier alpha value is -1.34. The molecule has 0 radical (unpaired) electrons. The quantitative estimate of drug-likeness (QED) is 0.422. The van der Waals surface area contributed by atoms with E-state index < -0.39 is 8.32 Å². The number of halogens is 1. The third-order valence-corrected chi connectivity index (χ3v) is 9.35. The van der Waals surface area contributed by atoms with Crippen molar-refractivity contribution >= 4 is 34.6 Å². The molecule has 0 spiro atoms. The van der Waals surface area contributed by atoms with Gasteiger partial charge in [-0.05, 0) is 20.2 Å².